The van der Waals surface area contributed by atoms with Gasteiger partial charge in [-0.2, -0.15) is 5.10 Å². The summed E-state index contributed by atoms with van der Waals surface area (Å²) in [5.74, 6) is -2.21. The van der Waals surface area contributed by atoms with E-state index in [1.54, 1.807) is 40.2 Å². The molecule has 3 fully saturated rings. The highest BCUT2D eigenvalue weighted by atomic mass is 19.3. The molecule has 188 valence electrons. The Balaban J connectivity index is 1.28. The molecule has 4 heterocycles. The Hall–Kier alpha value is -3.63. The van der Waals surface area contributed by atoms with Crippen LogP contribution in [0, 0.1) is 15.5 Å². The van der Waals surface area contributed by atoms with Gasteiger partial charge in [-0.25, -0.2) is 23.4 Å². The summed E-state index contributed by atoms with van der Waals surface area (Å²) in [6.45, 7) is 2.15. The van der Waals surface area contributed by atoms with E-state index in [-0.39, 0.29) is 36.5 Å². The summed E-state index contributed by atoms with van der Waals surface area (Å²) in [5, 5.41) is 16.0. The van der Waals surface area contributed by atoms with E-state index in [0.717, 1.165) is 42.9 Å². The molecular formula is C25H27F2N7O2. The van der Waals surface area contributed by atoms with Crippen molar-refractivity contribution >= 4 is 17.3 Å². The number of non-ortho nitro benzene ring substituents is 1. The summed E-state index contributed by atoms with van der Waals surface area (Å²) in [4.78, 5) is 24.0. The van der Waals surface area contributed by atoms with Crippen LogP contribution >= 0.6 is 0 Å². The average molecular weight is 496 g/mol. The van der Waals surface area contributed by atoms with Crippen LogP contribution in [0.15, 0.2) is 42.9 Å². The number of nitro benzene ring substituents is 1. The van der Waals surface area contributed by atoms with E-state index >= 15 is 0 Å². The first-order chi connectivity index (χ1) is 17.3. The smallest absolute Gasteiger partial charge is 0.271 e. The van der Waals surface area contributed by atoms with Gasteiger partial charge in [0.1, 0.15) is 0 Å². The van der Waals surface area contributed by atoms with Crippen molar-refractivity contribution < 1.29 is 13.7 Å². The minimum atomic E-state index is -2.63. The van der Waals surface area contributed by atoms with Gasteiger partial charge < -0.3 is 9.80 Å². The number of nitro groups is 1. The number of anilines is 2. The Labute approximate surface area is 206 Å². The van der Waals surface area contributed by atoms with Gasteiger partial charge in [0.05, 0.1) is 28.2 Å². The number of nitrogens with zero attached hydrogens (tertiary/aromatic N) is 7. The number of benzene rings is 1. The largest absolute Gasteiger partial charge is 0.370 e. The third kappa shape index (κ3) is 4.38. The second-order valence-electron chi connectivity index (χ2n) is 10.2. The Kier molecular flexibility index (Phi) is 5.38. The number of hydrogen-bond acceptors (Lipinski definition) is 7. The second kappa shape index (κ2) is 8.49. The van der Waals surface area contributed by atoms with Crippen molar-refractivity contribution in [3.05, 3.63) is 53.0 Å². The molecule has 2 aromatic heterocycles. The number of halogens is 2. The molecule has 2 aliphatic heterocycles. The third-order valence-electron chi connectivity index (χ3n) is 7.84. The van der Waals surface area contributed by atoms with Crippen molar-refractivity contribution in [2.45, 2.75) is 44.4 Å². The van der Waals surface area contributed by atoms with Crippen LogP contribution in [-0.4, -0.2) is 56.8 Å². The lowest BCUT2D eigenvalue weighted by molar-refractivity contribution is -0.384. The highest BCUT2D eigenvalue weighted by Crippen LogP contribution is 2.54. The van der Waals surface area contributed by atoms with E-state index in [2.05, 4.69) is 20.0 Å². The molecule has 3 aliphatic rings. The highest BCUT2D eigenvalue weighted by Gasteiger charge is 2.44. The van der Waals surface area contributed by atoms with Crippen LogP contribution in [0.25, 0.3) is 16.9 Å². The average Bonchev–Trinajstić information content (AvgIpc) is 3.44. The molecule has 0 radical (unpaired) electrons. The van der Waals surface area contributed by atoms with Crippen LogP contribution in [0.3, 0.4) is 0 Å². The summed E-state index contributed by atoms with van der Waals surface area (Å²) < 4.78 is 28.8. The predicted molar refractivity (Wildman–Crippen MR) is 131 cm³/mol. The number of alkyl halides is 2. The van der Waals surface area contributed by atoms with Gasteiger partial charge in [0.2, 0.25) is 5.95 Å². The van der Waals surface area contributed by atoms with Crippen LogP contribution in [0.2, 0.25) is 0 Å². The lowest BCUT2D eigenvalue weighted by Crippen LogP contribution is -2.40. The van der Waals surface area contributed by atoms with Crippen molar-refractivity contribution in [1.82, 2.24) is 19.7 Å². The Morgan fingerprint density at radius 1 is 0.917 bits per heavy atom. The predicted octanol–water partition coefficient (Wildman–Crippen LogP) is 4.85. The van der Waals surface area contributed by atoms with Gasteiger partial charge in [-0.05, 0) is 43.2 Å². The molecule has 0 amide bonds. The van der Waals surface area contributed by atoms with Crippen molar-refractivity contribution in [3.8, 4) is 16.9 Å². The van der Waals surface area contributed by atoms with Crippen LogP contribution in [0.5, 0.6) is 0 Å². The van der Waals surface area contributed by atoms with Gasteiger partial charge >= 0.3 is 0 Å². The minimum Gasteiger partial charge on any atom is -0.370 e. The molecule has 9 nitrogen and oxygen atoms in total. The van der Waals surface area contributed by atoms with Gasteiger partial charge in [0.15, 0.2) is 0 Å². The van der Waals surface area contributed by atoms with Crippen LogP contribution in [0.1, 0.15) is 38.5 Å². The maximum Gasteiger partial charge on any atom is 0.271 e. The Morgan fingerprint density at radius 2 is 1.64 bits per heavy atom. The van der Waals surface area contributed by atoms with E-state index in [9.17, 15) is 18.9 Å². The standard InChI is InChI=1S/C25H27F2N7O2/c26-25(27)8-13-32(14-9-25)23-28-10-3-20(30-23)18-16-29-33(17-18)21-2-1-19(34(35)36)15-22(21)31-11-6-24(4-5-24)7-12-31/h1-3,10,15-17H,4-9,11-14H2. The summed E-state index contributed by atoms with van der Waals surface area (Å²) in [6.07, 6.45) is 9.51. The summed E-state index contributed by atoms with van der Waals surface area (Å²) >= 11 is 0. The number of aromatic nitrogens is 4. The molecule has 1 spiro atoms. The molecule has 3 aromatic rings. The maximum atomic E-state index is 13.6. The zero-order valence-corrected chi connectivity index (χ0v) is 19.8. The molecule has 0 atom stereocenters. The first kappa shape index (κ1) is 22.8. The molecule has 1 aliphatic carbocycles. The normalized spacial score (nSPS) is 20.5. The van der Waals surface area contributed by atoms with Gasteiger partial charge in [-0.3, -0.25) is 10.1 Å². The number of hydrogen-bond donors (Lipinski definition) is 0. The van der Waals surface area contributed by atoms with Gasteiger partial charge in [-0.1, -0.05) is 0 Å². The van der Waals surface area contributed by atoms with Crippen molar-refractivity contribution in [1.29, 1.82) is 0 Å². The SMILES string of the molecule is O=[N+]([O-])c1ccc(-n2cc(-c3ccnc(N4CCC(F)(F)CC4)n3)cn2)c(N2CCC3(CC2)CC3)c1. The van der Waals surface area contributed by atoms with E-state index in [4.69, 9.17) is 0 Å². The van der Waals surface area contributed by atoms with E-state index in [1.165, 1.54) is 18.9 Å². The molecule has 1 saturated carbocycles. The lowest BCUT2D eigenvalue weighted by atomic mass is 9.93. The fourth-order valence-electron chi connectivity index (χ4n) is 5.25. The molecule has 6 rings (SSSR count). The molecular weight excluding hydrogens is 468 g/mol. The maximum absolute atomic E-state index is 13.6. The third-order valence-corrected chi connectivity index (χ3v) is 7.84. The fourth-order valence-corrected chi connectivity index (χ4v) is 5.25. The minimum absolute atomic E-state index is 0.0559. The quantitative estimate of drug-likeness (QED) is 0.369. The van der Waals surface area contributed by atoms with E-state index in [1.807, 2.05) is 6.20 Å². The van der Waals surface area contributed by atoms with Gasteiger partial charge in [0, 0.05) is 69.1 Å². The number of rotatable bonds is 5. The monoisotopic (exact) mass is 495 g/mol. The summed E-state index contributed by atoms with van der Waals surface area (Å²) in [6, 6.07) is 6.64. The first-order valence-corrected chi connectivity index (χ1v) is 12.4. The van der Waals surface area contributed by atoms with Crippen molar-refractivity contribution in [3.63, 3.8) is 0 Å². The van der Waals surface area contributed by atoms with Crippen LogP contribution < -0.4 is 9.80 Å². The van der Waals surface area contributed by atoms with Crippen molar-refractivity contribution in [2.75, 3.05) is 36.0 Å². The molecule has 36 heavy (non-hydrogen) atoms. The zero-order valence-electron chi connectivity index (χ0n) is 19.8. The molecule has 0 bridgehead atoms. The van der Waals surface area contributed by atoms with E-state index in [0.29, 0.717) is 17.1 Å². The second-order valence-corrected chi connectivity index (χ2v) is 10.2. The van der Waals surface area contributed by atoms with E-state index < -0.39 is 5.92 Å². The van der Waals surface area contributed by atoms with Gasteiger partial charge in [0.25, 0.3) is 11.6 Å². The highest BCUT2D eigenvalue weighted by molar-refractivity contribution is 5.68. The molecule has 0 unspecified atom stereocenters. The van der Waals surface area contributed by atoms with Crippen molar-refractivity contribution in [2.24, 2.45) is 5.41 Å². The molecule has 1 aromatic carbocycles. The number of piperidine rings is 2. The first-order valence-electron chi connectivity index (χ1n) is 12.4. The molecule has 2 saturated heterocycles. The molecule has 0 N–H and O–H groups in total. The fraction of sp³-hybridized carbons (Fsp3) is 0.480. The lowest BCUT2D eigenvalue weighted by Gasteiger charge is -2.34. The zero-order chi connectivity index (χ0) is 24.9. The summed E-state index contributed by atoms with van der Waals surface area (Å²) in [5.41, 5.74) is 3.51. The Bertz CT molecular complexity index is 1290. The summed E-state index contributed by atoms with van der Waals surface area (Å²) in [7, 11) is 0. The topological polar surface area (TPSA) is 93.2 Å². The Morgan fingerprint density at radius 3 is 2.33 bits per heavy atom. The molecule has 11 heteroatoms. The van der Waals surface area contributed by atoms with Crippen LogP contribution in [-0.2, 0) is 0 Å². The van der Waals surface area contributed by atoms with Crippen LogP contribution in [0.4, 0.5) is 26.1 Å². The van der Waals surface area contributed by atoms with Gasteiger partial charge in [-0.15, -0.1) is 0 Å².